The Kier molecular flexibility index (Phi) is 1.98. The van der Waals surface area contributed by atoms with E-state index in [1.807, 2.05) is 0 Å². The summed E-state index contributed by atoms with van der Waals surface area (Å²) >= 11 is 13.2. The number of hydrogen-bond donors (Lipinski definition) is 0. The molecule has 0 saturated carbocycles. The molecule has 2 heterocycles. The van der Waals surface area contributed by atoms with E-state index in [4.69, 9.17) is 23.2 Å². The van der Waals surface area contributed by atoms with E-state index in [0.29, 0.717) is 5.88 Å². The van der Waals surface area contributed by atoms with Gasteiger partial charge >= 0.3 is 0 Å². The number of amides is 1. The van der Waals surface area contributed by atoms with Gasteiger partial charge in [0.25, 0.3) is 0 Å². The lowest BCUT2D eigenvalue weighted by molar-refractivity contribution is -0.141. The van der Waals surface area contributed by atoms with Crippen LogP contribution in [-0.2, 0) is 4.79 Å². The van der Waals surface area contributed by atoms with Gasteiger partial charge in [-0.3, -0.25) is 4.79 Å². The molecule has 1 amide bonds. The van der Waals surface area contributed by atoms with Gasteiger partial charge < -0.3 is 4.90 Å². The van der Waals surface area contributed by atoms with Gasteiger partial charge in [0.2, 0.25) is 5.91 Å². The van der Waals surface area contributed by atoms with Gasteiger partial charge in [-0.15, -0.1) is 35.0 Å². The number of hydrogen-bond acceptors (Lipinski definition) is 2. The Morgan fingerprint density at radius 1 is 1.73 bits per heavy atom. The zero-order valence-electron chi connectivity index (χ0n) is 5.67. The van der Waals surface area contributed by atoms with Crippen LogP contribution in [0, 0.1) is 0 Å². The van der Waals surface area contributed by atoms with Gasteiger partial charge in [0, 0.05) is 11.6 Å². The van der Waals surface area contributed by atoms with E-state index in [0.717, 1.165) is 5.75 Å². The maximum atomic E-state index is 11.1. The second-order valence-electron chi connectivity index (χ2n) is 2.68. The number of carbonyl (C=O) groups is 1. The normalized spacial score (nSPS) is 42.2. The standard InChI is InChI=1S/C6H7Cl2NOS/c7-1-3-2-11-6-4(8)5(10)9(3)6/h3-4,6H,1-2H2. The van der Waals surface area contributed by atoms with Crippen LogP contribution in [0.4, 0.5) is 0 Å². The molecule has 62 valence electrons. The SMILES string of the molecule is O=C1C(Cl)C2SCC(CCl)N12. The van der Waals surface area contributed by atoms with E-state index in [2.05, 4.69) is 0 Å². The van der Waals surface area contributed by atoms with E-state index in [1.165, 1.54) is 0 Å². The van der Waals surface area contributed by atoms with Crippen LogP contribution in [-0.4, -0.2) is 39.2 Å². The Morgan fingerprint density at radius 2 is 2.45 bits per heavy atom. The Bertz CT molecular complexity index is 195. The van der Waals surface area contributed by atoms with Crippen molar-refractivity contribution in [1.29, 1.82) is 0 Å². The molecule has 2 nitrogen and oxygen atoms in total. The van der Waals surface area contributed by atoms with Crippen molar-refractivity contribution in [3.8, 4) is 0 Å². The smallest absolute Gasteiger partial charge is 0.244 e. The molecule has 2 fully saturated rings. The maximum Gasteiger partial charge on any atom is 0.244 e. The van der Waals surface area contributed by atoms with Crippen molar-refractivity contribution < 1.29 is 4.79 Å². The maximum absolute atomic E-state index is 11.1. The topological polar surface area (TPSA) is 20.3 Å². The second-order valence-corrected chi connectivity index (χ2v) is 4.61. The summed E-state index contributed by atoms with van der Waals surface area (Å²) in [6.07, 6.45) is 0. The fraction of sp³-hybridized carbons (Fsp3) is 0.833. The van der Waals surface area contributed by atoms with Crippen molar-refractivity contribution >= 4 is 40.9 Å². The average molecular weight is 212 g/mol. The molecule has 0 aromatic heterocycles. The summed E-state index contributed by atoms with van der Waals surface area (Å²) in [7, 11) is 0. The molecule has 3 unspecified atom stereocenters. The zero-order chi connectivity index (χ0) is 8.01. The molecule has 2 aliphatic rings. The number of β-lactam (4-membered cyclic amide) rings is 1. The molecule has 2 rings (SSSR count). The van der Waals surface area contributed by atoms with Crippen molar-refractivity contribution in [1.82, 2.24) is 4.90 Å². The molecule has 11 heavy (non-hydrogen) atoms. The quantitative estimate of drug-likeness (QED) is 0.479. The molecule has 0 spiro atoms. The molecule has 0 aromatic rings. The Morgan fingerprint density at radius 3 is 3.09 bits per heavy atom. The highest BCUT2D eigenvalue weighted by Crippen LogP contribution is 2.42. The lowest BCUT2D eigenvalue weighted by atomic mass is 10.1. The molecule has 0 radical (unpaired) electrons. The third-order valence-corrected chi connectivity index (χ3v) is 4.39. The summed E-state index contributed by atoms with van der Waals surface area (Å²) in [6.45, 7) is 0. The minimum Gasteiger partial charge on any atom is -0.322 e. The first kappa shape index (κ1) is 8.02. The fourth-order valence-electron chi connectivity index (χ4n) is 1.41. The summed E-state index contributed by atoms with van der Waals surface area (Å²) < 4.78 is 0. The average Bonchev–Trinajstić information content (AvgIpc) is 2.43. The third-order valence-electron chi connectivity index (χ3n) is 2.05. The number of halogens is 2. The van der Waals surface area contributed by atoms with E-state index >= 15 is 0 Å². The van der Waals surface area contributed by atoms with Gasteiger partial charge in [0.05, 0.1) is 6.04 Å². The van der Waals surface area contributed by atoms with Crippen LogP contribution in [0.3, 0.4) is 0 Å². The number of thioether (sulfide) groups is 1. The van der Waals surface area contributed by atoms with Crippen LogP contribution in [0.25, 0.3) is 0 Å². The van der Waals surface area contributed by atoms with Crippen molar-refractivity contribution in [3.05, 3.63) is 0 Å². The van der Waals surface area contributed by atoms with Gasteiger partial charge in [-0.25, -0.2) is 0 Å². The molecule has 5 heteroatoms. The summed E-state index contributed by atoms with van der Waals surface area (Å²) in [5.41, 5.74) is 0. The molecule has 2 saturated heterocycles. The lowest BCUT2D eigenvalue weighted by Crippen LogP contribution is -2.61. The summed E-state index contributed by atoms with van der Waals surface area (Å²) in [6, 6.07) is 0.217. The Hall–Kier alpha value is 0.400. The number of nitrogens with zero attached hydrogens (tertiary/aromatic N) is 1. The number of rotatable bonds is 1. The highest BCUT2D eigenvalue weighted by molar-refractivity contribution is 8.00. The van der Waals surface area contributed by atoms with Crippen molar-refractivity contribution in [3.63, 3.8) is 0 Å². The van der Waals surface area contributed by atoms with Crippen LogP contribution >= 0.6 is 35.0 Å². The van der Waals surface area contributed by atoms with Crippen molar-refractivity contribution in [2.24, 2.45) is 0 Å². The van der Waals surface area contributed by atoms with Crippen LogP contribution in [0.5, 0.6) is 0 Å². The van der Waals surface area contributed by atoms with E-state index in [1.54, 1.807) is 16.7 Å². The van der Waals surface area contributed by atoms with Gasteiger partial charge in [0.15, 0.2) is 0 Å². The molecule has 2 aliphatic heterocycles. The molecule has 3 atom stereocenters. The largest absolute Gasteiger partial charge is 0.322 e. The van der Waals surface area contributed by atoms with Crippen LogP contribution in [0.1, 0.15) is 0 Å². The van der Waals surface area contributed by atoms with E-state index in [-0.39, 0.29) is 22.7 Å². The number of fused-ring (bicyclic) bond motifs is 1. The fourth-order valence-corrected chi connectivity index (χ4v) is 3.67. The molecule has 0 N–H and O–H groups in total. The summed E-state index contributed by atoms with van der Waals surface area (Å²) in [4.78, 5) is 12.9. The monoisotopic (exact) mass is 211 g/mol. The highest BCUT2D eigenvalue weighted by atomic mass is 35.5. The minimum atomic E-state index is -0.298. The molecular weight excluding hydrogens is 205 g/mol. The Balaban J connectivity index is 2.10. The molecular formula is C6H7Cl2NOS. The predicted molar refractivity (Wildman–Crippen MR) is 47.2 cm³/mol. The van der Waals surface area contributed by atoms with E-state index < -0.39 is 0 Å². The van der Waals surface area contributed by atoms with Crippen LogP contribution in [0.2, 0.25) is 0 Å². The highest BCUT2D eigenvalue weighted by Gasteiger charge is 2.53. The van der Waals surface area contributed by atoms with Gasteiger partial charge in [-0.05, 0) is 0 Å². The molecule has 0 aromatic carbocycles. The third kappa shape index (κ3) is 0.977. The zero-order valence-corrected chi connectivity index (χ0v) is 7.99. The van der Waals surface area contributed by atoms with Crippen LogP contribution in [0.15, 0.2) is 0 Å². The summed E-state index contributed by atoms with van der Waals surface area (Å²) in [5, 5.41) is -0.0962. The predicted octanol–water partition coefficient (Wildman–Crippen LogP) is 1.12. The first-order valence-electron chi connectivity index (χ1n) is 3.39. The summed E-state index contributed by atoms with van der Waals surface area (Å²) in [5.74, 6) is 1.51. The van der Waals surface area contributed by atoms with Crippen molar-refractivity contribution in [2.45, 2.75) is 16.8 Å². The minimum absolute atomic E-state index is 0.0484. The first-order valence-corrected chi connectivity index (χ1v) is 5.41. The van der Waals surface area contributed by atoms with E-state index in [9.17, 15) is 4.79 Å². The Labute approximate surface area is 79.2 Å². The van der Waals surface area contributed by atoms with Crippen LogP contribution < -0.4 is 0 Å². The lowest BCUT2D eigenvalue weighted by Gasteiger charge is -2.40. The number of carbonyl (C=O) groups excluding carboxylic acids is 1. The first-order chi connectivity index (χ1) is 5.25. The molecule has 0 aliphatic carbocycles. The van der Waals surface area contributed by atoms with Gasteiger partial charge in [-0.2, -0.15) is 0 Å². The van der Waals surface area contributed by atoms with Gasteiger partial charge in [0.1, 0.15) is 10.8 Å². The molecule has 0 bridgehead atoms. The number of alkyl halides is 2. The van der Waals surface area contributed by atoms with Crippen molar-refractivity contribution in [2.75, 3.05) is 11.6 Å². The second kappa shape index (κ2) is 2.71. The van der Waals surface area contributed by atoms with Gasteiger partial charge in [-0.1, -0.05) is 0 Å².